The normalized spacial score (nSPS) is 13.1. The SMILES string of the molecule is O=C(O)CC(Nc1ccccc1)(C(=O)O)c1ccccc1. The van der Waals surface area contributed by atoms with Crippen molar-refractivity contribution in [3.05, 3.63) is 66.2 Å². The fraction of sp³-hybridized carbons (Fsp3) is 0.125. The maximum Gasteiger partial charge on any atom is 0.334 e. The largest absolute Gasteiger partial charge is 0.481 e. The summed E-state index contributed by atoms with van der Waals surface area (Å²) in [5, 5.41) is 21.7. The maximum atomic E-state index is 11.8. The molecule has 0 fully saturated rings. The summed E-state index contributed by atoms with van der Waals surface area (Å²) in [4.78, 5) is 23.0. The van der Waals surface area contributed by atoms with Crippen molar-refractivity contribution in [1.82, 2.24) is 0 Å². The molecule has 1 atom stereocenters. The third-order valence-corrected chi connectivity index (χ3v) is 3.18. The van der Waals surface area contributed by atoms with Crippen molar-refractivity contribution in [2.24, 2.45) is 0 Å². The van der Waals surface area contributed by atoms with Crippen LogP contribution in [0, 0.1) is 0 Å². The van der Waals surface area contributed by atoms with Crippen LogP contribution in [-0.2, 0) is 15.1 Å². The number of carboxylic acids is 2. The number of rotatable bonds is 6. The van der Waals surface area contributed by atoms with Gasteiger partial charge in [-0.05, 0) is 17.7 Å². The van der Waals surface area contributed by atoms with Crippen LogP contribution in [0.5, 0.6) is 0 Å². The van der Waals surface area contributed by atoms with Crippen molar-refractivity contribution >= 4 is 17.6 Å². The summed E-state index contributed by atoms with van der Waals surface area (Å²) < 4.78 is 0. The highest BCUT2D eigenvalue weighted by Crippen LogP contribution is 2.30. The number of benzene rings is 2. The predicted molar refractivity (Wildman–Crippen MR) is 78.1 cm³/mol. The minimum Gasteiger partial charge on any atom is -0.481 e. The van der Waals surface area contributed by atoms with Crippen molar-refractivity contribution in [3.8, 4) is 0 Å². The first-order valence-corrected chi connectivity index (χ1v) is 6.38. The predicted octanol–water partition coefficient (Wildman–Crippen LogP) is 2.55. The Morgan fingerprint density at radius 2 is 1.43 bits per heavy atom. The van der Waals surface area contributed by atoms with Crippen LogP contribution in [0.2, 0.25) is 0 Å². The average molecular weight is 285 g/mol. The summed E-state index contributed by atoms with van der Waals surface area (Å²) in [5.41, 5.74) is -0.775. The van der Waals surface area contributed by atoms with Gasteiger partial charge in [0.2, 0.25) is 0 Å². The second-order valence-corrected chi connectivity index (χ2v) is 4.64. The van der Waals surface area contributed by atoms with E-state index in [2.05, 4.69) is 5.32 Å². The summed E-state index contributed by atoms with van der Waals surface area (Å²) in [6.07, 6.45) is -0.568. The molecule has 0 radical (unpaired) electrons. The van der Waals surface area contributed by atoms with E-state index in [1.807, 2.05) is 0 Å². The zero-order valence-electron chi connectivity index (χ0n) is 11.2. The molecule has 0 amide bonds. The second kappa shape index (κ2) is 6.09. The van der Waals surface area contributed by atoms with Gasteiger partial charge in [0.15, 0.2) is 5.54 Å². The molecule has 5 nitrogen and oxygen atoms in total. The number of hydrogen-bond donors (Lipinski definition) is 3. The zero-order valence-corrected chi connectivity index (χ0v) is 11.2. The summed E-state index contributed by atoms with van der Waals surface area (Å²) in [6.45, 7) is 0. The highest BCUT2D eigenvalue weighted by molar-refractivity contribution is 5.89. The van der Waals surface area contributed by atoms with Crippen LogP contribution in [0.4, 0.5) is 5.69 Å². The minimum atomic E-state index is -1.71. The maximum absolute atomic E-state index is 11.8. The fourth-order valence-electron chi connectivity index (χ4n) is 2.19. The number of anilines is 1. The first-order valence-electron chi connectivity index (χ1n) is 6.38. The molecule has 0 heterocycles. The molecule has 0 aliphatic carbocycles. The van der Waals surface area contributed by atoms with Gasteiger partial charge in [-0.1, -0.05) is 48.5 Å². The van der Waals surface area contributed by atoms with Gasteiger partial charge in [0.1, 0.15) is 0 Å². The molecule has 5 heteroatoms. The first-order chi connectivity index (χ1) is 10.0. The Hall–Kier alpha value is -2.82. The molecule has 0 saturated carbocycles. The molecule has 0 bridgehead atoms. The molecule has 0 saturated heterocycles. The molecule has 0 aromatic heterocycles. The van der Waals surface area contributed by atoms with E-state index in [0.717, 1.165) is 0 Å². The van der Waals surface area contributed by atoms with E-state index >= 15 is 0 Å². The Labute approximate surface area is 121 Å². The Morgan fingerprint density at radius 3 is 1.90 bits per heavy atom. The van der Waals surface area contributed by atoms with E-state index in [-0.39, 0.29) is 0 Å². The van der Waals surface area contributed by atoms with Crippen molar-refractivity contribution in [1.29, 1.82) is 0 Å². The van der Waals surface area contributed by atoms with Crippen LogP contribution in [-0.4, -0.2) is 22.2 Å². The summed E-state index contributed by atoms with van der Waals surface area (Å²) in [7, 11) is 0. The van der Waals surface area contributed by atoms with E-state index in [4.69, 9.17) is 5.11 Å². The van der Waals surface area contributed by atoms with Crippen molar-refractivity contribution < 1.29 is 19.8 Å². The van der Waals surface area contributed by atoms with Gasteiger partial charge in [0.05, 0.1) is 6.42 Å². The van der Waals surface area contributed by atoms with Gasteiger partial charge in [-0.15, -0.1) is 0 Å². The standard InChI is InChI=1S/C16H15NO4/c18-14(19)11-16(15(20)21,12-7-3-1-4-8-12)17-13-9-5-2-6-10-13/h1-10,17H,11H2,(H,18,19)(H,20,21). The number of carboxylic acid groups (broad SMARTS) is 2. The Kier molecular flexibility index (Phi) is 4.23. The van der Waals surface area contributed by atoms with E-state index in [1.54, 1.807) is 60.7 Å². The van der Waals surface area contributed by atoms with Gasteiger partial charge in [0.25, 0.3) is 0 Å². The van der Waals surface area contributed by atoms with Crippen LogP contribution in [0.3, 0.4) is 0 Å². The molecule has 2 aromatic carbocycles. The number of aliphatic carboxylic acids is 2. The first kappa shape index (κ1) is 14.6. The highest BCUT2D eigenvalue weighted by Gasteiger charge is 2.42. The minimum absolute atomic E-state index is 0.392. The van der Waals surface area contributed by atoms with Crippen molar-refractivity contribution in [3.63, 3.8) is 0 Å². The highest BCUT2D eigenvalue weighted by atomic mass is 16.4. The molecule has 21 heavy (non-hydrogen) atoms. The van der Waals surface area contributed by atoms with Crippen LogP contribution < -0.4 is 5.32 Å². The quantitative estimate of drug-likeness (QED) is 0.759. The number of hydrogen-bond acceptors (Lipinski definition) is 3. The van der Waals surface area contributed by atoms with Crippen LogP contribution in [0.25, 0.3) is 0 Å². The lowest BCUT2D eigenvalue weighted by Crippen LogP contribution is -2.45. The average Bonchev–Trinajstić information content (AvgIpc) is 2.48. The lowest BCUT2D eigenvalue weighted by molar-refractivity contribution is -0.149. The molecule has 0 aliphatic rings. The molecular weight excluding hydrogens is 270 g/mol. The Bertz CT molecular complexity index is 627. The lowest BCUT2D eigenvalue weighted by atomic mass is 9.86. The van der Waals surface area contributed by atoms with Gasteiger partial charge >= 0.3 is 11.9 Å². The second-order valence-electron chi connectivity index (χ2n) is 4.64. The molecule has 1 unspecified atom stereocenters. The van der Waals surface area contributed by atoms with Crippen LogP contribution >= 0.6 is 0 Å². The monoisotopic (exact) mass is 285 g/mol. The van der Waals surface area contributed by atoms with E-state index in [1.165, 1.54) is 0 Å². The fourth-order valence-corrected chi connectivity index (χ4v) is 2.19. The smallest absolute Gasteiger partial charge is 0.334 e. The Morgan fingerprint density at radius 1 is 0.905 bits per heavy atom. The van der Waals surface area contributed by atoms with Crippen LogP contribution in [0.15, 0.2) is 60.7 Å². The van der Waals surface area contributed by atoms with Crippen molar-refractivity contribution in [2.45, 2.75) is 12.0 Å². The number of nitrogens with one attached hydrogen (secondary N) is 1. The van der Waals surface area contributed by atoms with Gasteiger partial charge in [-0.2, -0.15) is 0 Å². The molecule has 0 aliphatic heterocycles. The summed E-state index contributed by atoms with van der Waals surface area (Å²) >= 11 is 0. The molecule has 108 valence electrons. The molecule has 3 N–H and O–H groups in total. The van der Waals surface area contributed by atoms with E-state index in [9.17, 15) is 14.7 Å². The molecule has 0 spiro atoms. The lowest BCUT2D eigenvalue weighted by Gasteiger charge is -2.30. The third-order valence-electron chi connectivity index (χ3n) is 3.18. The van der Waals surface area contributed by atoms with Crippen molar-refractivity contribution in [2.75, 3.05) is 5.32 Å². The zero-order chi connectivity index (χ0) is 15.3. The molecular formula is C16H15NO4. The van der Waals surface area contributed by atoms with E-state index in [0.29, 0.717) is 11.3 Å². The Balaban J connectivity index is 2.51. The topological polar surface area (TPSA) is 86.6 Å². The van der Waals surface area contributed by atoms with Gasteiger partial charge < -0.3 is 15.5 Å². The molecule has 2 rings (SSSR count). The molecule has 2 aromatic rings. The number of carbonyl (C=O) groups is 2. The van der Waals surface area contributed by atoms with Gasteiger partial charge in [-0.25, -0.2) is 4.79 Å². The summed E-state index contributed by atoms with van der Waals surface area (Å²) in [6, 6.07) is 17.0. The van der Waals surface area contributed by atoms with Crippen LogP contribution in [0.1, 0.15) is 12.0 Å². The van der Waals surface area contributed by atoms with Gasteiger partial charge in [-0.3, -0.25) is 4.79 Å². The summed E-state index contributed by atoms with van der Waals surface area (Å²) in [5.74, 6) is -2.43. The third kappa shape index (κ3) is 3.20. The van der Waals surface area contributed by atoms with E-state index < -0.39 is 23.9 Å². The number of para-hydroxylation sites is 1. The van der Waals surface area contributed by atoms with Gasteiger partial charge in [0, 0.05) is 5.69 Å².